The van der Waals surface area contributed by atoms with E-state index in [1.807, 2.05) is 0 Å². The number of rotatable bonds is 4. The summed E-state index contributed by atoms with van der Waals surface area (Å²) < 4.78 is 30.3. The fraction of sp³-hybridized carbons (Fsp3) is 1.00. The lowest BCUT2D eigenvalue weighted by Gasteiger charge is -2.48. The zero-order chi connectivity index (χ0) is 12.5. The summed E-state index contributed by atoms with van der Waals surface area (Å²) in [5, 5.41) is 0. The van der Waals surface area contributed by atoms with Crippen LogP contribution in [0.5, 0.6) is 0 Å². The lowest BCUT2D eigenvalue weighted by molar-refractivity contribution is 0.0373. The van der Waals surface area contributed by atoms with Crippen LogP contribution in [0.4, 0.5) is 0 Å². The van der Waals surface area contributed by atoms with Crippen molar-refractivity contribution in [3.05, 3.63) is 0 Å². The zero-order valence-corrected chi connectivity index (χ0v) is 11.5. The Morgan fingerprint density at radius 1 is 1.35 bits per heavy atom. The minimum Gasteiger partial charge on any atom is -0.286 e. The molecular formula is C13H24O3S. The molecule has 0 aromatic carbocycles. The highest BCUT2D eigenvalue weighted by molar-refractivity contribution is 7.85. The van der Waals surface area contributed by atoms with Gasteiger partial charge in [0.25, 0.3) is 10.1 Å². The third-order valence-corrected chi connectivity index (χ3v) is 5.47. The van der Waals surface area contributed by atoms with Gasteiger partial charge in [-0.2, -0.15) is 8.42 Å². The minimum absolute atomic E-state index is 0.0617. The van der Waals surface area contributed by atoms with Gasteiger partial charge in [0.15, 0.2) is 0 Å². The summed E-state index contributed by atoms with van der Waals surface area (Å²) in [6.45, 7) is 2.33. The van der Waals surface area contributed by atoms with E-state index in [1.165, 1.54) is 38.5 Å². The Labute approximate surface area is 105 Å². The third-order valence-electron chi connectivity index (χ3n) is 4.67. The van der Waals surface area contributed by atoms with Gasteiger partial charge in [0.2, 0.25) is 0 Å². The maximum Gasteiger partial charge on any atom is 0.264 e. The largest absolute Gasteiger partial charge is 0.286 e. The smallest absolute Gasteiger partial charge is 0.264 e. The first-order valence-corrected chi connectivity index (χ1v) is 8.45. The van der Waals surface area contributed by atoms with Crippen molar-refractivity contribution < 1.29 is 13.0 Å². The second-order valence-electron chi connectivity index (χ2n) is 6.40. The second kappa shape index (κ2) is 4.88. The summed E-state index contributed by atoms with van der Waals surface area (Å²) >= 11 is 0. The quantitative estimate of drug-likeness (QED) is 0.789. The first-order chi connectivity index (χ1) is 7.89. The summed E-state index contributed by atoms with van der Waals surface area (Å²) in [6.07, 6.45) is 9.46. The predicted molar refractivity (Wildman–Crippen MR) is 68.4 cm³/mol. The molecule has 4 heteroatoms. The first-order valence-electron chi connectivity index (χ1n) is 6.84. The van der Waals surface area contributed by atoms with Gasteiger partial charge in [-0.3, -0.25) is 4.55 Å². The lowest BCUT2D eigenvalue weighted by atomic mass is 9.58. The fourth-order valence-corrected chi connectivity index (χ4v) is 4.83. The topological polar surface area (TPSA) is 54.4 Å². The van der Waals surface area contributed by atoms with Gasteiger partial charge in [0.1, 0.15) is 0 Å². The summed E-state index contributed by atoms with van der Waals surface area (Å²) in [5.41, 5.74) is 0.394. The second-order valence-corrected chi connectivity index (χ2v) is 7.97. The van der Waals surface area contributed by atoms with Crippen molar-refractivity contribution in [1.82, 2.24) is 0 Å². The molecule has 2 bridgehead atoms. The van der Waals surface area contributed by atoms with Crippen molar-refractivity contribution in [1.29, 1.82) is 0 Å². The third kappa shape index (κ3) is 3.68. The minimum atomic E-state index is -3.77. The van der Waals surface area contributed by atoms with Crippen LogP contribution in [0.3, 0.4) is 0 Å². The van der Waals surface area contributed by atoms with Crippen LogP contribution in [0.2, 0.25) is 0 Å². The van der Waals surface area contributed by atoms with Crippen LogP contribution in [0.25, 0.3) is 0 Å². The van der Waals surface area contributed by atoms with Crippen LogP contribution in [0, 0.1) is 17.3 Å². The van der Waals surface area contributed by atoms with Crippen LogP contribution in [-0.2, 0) is 10.1 Å². The average molecular weight is 260 g/mol. The normalized spacial score (nSPS) is 38.0. The molecule has 0 aliphatic heterocycles. The number of hydrogen-bond donors (Lipinski definition) is 1. The van der Waals surface area contributed by atoms with E-state index in [-0.39, 0.29) is 5.75 Å². The molecule has 3 nitrogen and oxygen atoms in total. The zero-order valence-electron chi connectivity index (χ0n) is 10.7. The van der Waals surface area contributed by atoms with Crippen LogP contribution >= 0.6 is 0 Å². The van der Waals surface area contributed by atoms with Gasteiger partial charge < -0.3 is 0 Å². The van der Waals surface area contributed by atoms with E-state index in [2.05, 4.69) is 6.92 Å². The van der Waals surface area contributed by atoms with Crippen molar-refractivity contribution in [3.63, 3.8) is 0 Å². The highest BCUT2D eigenvalue weighted by atomic mass is 32.2. The van der Waals surface area contributed by atoms with Gasteiger partial charge in [-0.05, 0) is 55.8 Å². The van der Waals surface area contributed by atoms with E-state index < -0.39 is 10.1 Å². The molecule has 2 aliphatic rings. The van der Waals surface area contributed by atoms with Gasteiger partial charge in [-0.25, -0.2) is 0 Å². The molecule has 2 aliphatic carbocycles. The first kappa shape index (κ1) is 13.3. The summed E-state index contributed by atoms with van der Waals surface area (Å²) in [7, 11) is -3.77. The van der Waals surface area contributed by atoms with Crippen LogP contribution in [0.1, 0.15) is 58.3 Å². The highest BCUT2D eigenvalue weighted by Crippen LogP contribution is 2.53. The maximum absolute atomic E-state index is 10.8. The molecule has 17 heavy (non-hydrogen) atoms. The lowest BCUT2D eigenvalue weighted by Crippen LogP contribution is -2.36. The van der Waals surface area contributed by atoms with Crippen molar-refractivity contribution >= 4 is 10.1 Å². The average Bonchev–Trinajstić information content (AvgIpc) is 2.13. The van der Waals surface area contributed by atoms with E-state index in [4.69, 9.17) is 4.55 Å². The van der Waals surface area contributed by atoms with Gasteiger partial charge in [0.05, 0.1) is 5.75 Å². The Bertz CT molecular complexity index is 359. The van der Waals surface area contributed by atoms with E-state index >= 15 is 0 Å². The number of fused-ring (bicyclic) bond motifs is 2. The van der Waals surface area contributed by atoms with Crippen LogP contribution < -0.4 is 0 Å². The summed E-state index contributed by atoms with van der Waals surface area (Å²) in [6, 6.07) is 0. The van der Waals surface area contributed by atoms with Gasteiger partial charge >= 0.3 is 0 Å². The molecule has 3 atom stereocenters. The maximum atomic E-state index is 10.8. The predicted octanol–water partition coefficient (Wildman–Crippen LogP) is 3.26. The molecule has 2 saturated carbocycles. The SMILES string of the molecule is C[C@@H]1CC2CCCC(CCCS(=O)(=O)O)(C2)C1. The highest BCUT2D eigenvalue weighted by Gasteiger charge is 2.41. The molecule has 0 spiro atoms. The fourth-order valence-electron chi connectivity index (χ4n) is 4.32. The standard InChI is InChI=1S/C13H24O3S/c1-11-8-12-4-2-5-13(9-11,10-12)6-3-7-17(14,15)16/h11-12H,2-10H2,1H3,(H,14,15,16)/t11-,12?,13?/m1/s1. The van der Waals surface area contributed by atoms with E-state index in [1.54, 1.807) is 0 Å². The van der Waals surface area contributed by atoms with E-state index in [0.29, 0.717) is 11.8 Å². The summed E-state index contributed by atoms with van der Waals surface area (Å²) in [5.74, 6) is 1.60. The van der Waals surface area contributed by atoms with E-state index in [9.17, 15) is 8.42 Å². The van der Waals surface area contributed by atoms with Crippen molar-refractivity contribution in [2.24, 2.45) is 17.3 Å². The molecular weight excluding hydrogens is 236 g/mol. The van der Waals surface area contributed by atoms with Gasteiger partial charge in [-0.15, -0.1) is 0 Å². The molecule has 2 fully saturated rings. The van der Waals surface area contributed by atoms with Crippen molar-refractivity contribution in [2.45, 2.75) is 58.3 Å². The molecule has 0 aromatic heterocycles. The molecule has 0 radical (unpaired) electrons. The molecule has 0 amide bonds. The molecule has 0 heterocycles. The van der Waals surface area contributed by atoms with E-state index in [0.717, 1.165) is 18.3 Å². The molecule has 0 aromatic rings. The Morgan fingerprint density at radius 3 is 2.82 bits per heavy atom. The van der Waals surface area contributed by atoms with Crippen molar-refractivity contribution in [3.8, 4) is 0 Å². The van der Waals surface area contributed by atoms with Gasteiger partial charge in [-0.1, -0.05) is 19.8 Å². The Kier molecular flexibility index (Phi) is 3.83. The van der Waals surface area contributed by atoms with Crippen LogP contribution in [0.15, 0.2) is 0 Å². The Balaban J connectivity index is 1.92. The van der Waals surface area contributed by atoms with Crippen LogP contribution in [-0.4, -0.2) is 18.7 Å². The molecule has 100 valence electrons. The molecule has 2 rings (SSSR count). The molecule has 1 N–H and O–H groups in total. The number of hydrogen-bond acceptors (Lipinski definition) is 2. The Morgan fingerprint density at radius 2 is 2.12 bits per heavy atom. The molecule has 0 saturated heterocycles. The Hall–Kier alpha value is -0.0900. The monoisotopic (exact) mass is 260 g/mol. The summed E-state index contributed by atoms with van der Waals surface area (Å²) in [4.78, 5) is 0. The van der Waals surface area contributed by atoms with Gasteiger partial charge in [0, 0.05) is 0 Å². The molecule has 2 unspecified atom stereocenters. The van der Waals surface area contributed by atoms with Crippen molar-refractivity contribution in [2.75, 3.05) is 5.75 Å².